The number of fused-ring (bicyclic) bond motifs is 1. The van der Waals surface area contributed by atoms with Crippen LogP contribution in [0.25, 0.3) is 34.2 Å². The Hall–Kier alpha value is -5.37. The highest BCUT2D eigenvalue weighted by atomic mass is 35.5. The quantitative estimate of drug-likeness (QED) is 0.143. The van der Waals surface area contributed by atoms with Crippen LogP contribution in [-0.4, -0.2) is 26.5 Å². The lowest BCUT2D eigenvalue weighted by Gasteiger charge is -2.17. The Bertz CT molecular complexity index is 2120. The van der Waals surface area contributed by atoms with Crippen LogP contribution in [0.15, 0.2) is 115 Å². The molecule has 0 spiro atoms. The van der Waals surface area contributed by atoms with Crippen LogP contribution < -0.4 is 10.1 Å². The summed E-state index contributed by atoms with van der Waals surface area (Å²) in [4.78, 5) is 29.3. The smallest absolute Gasteiger partial charge is 0.335 e. The third kappa shape index (κ3) is 7.77. The number of ether oxygens (including phenoxy) is 1. The van der Waals surface area contributed by atoms with E-state index in [1.165, 1.54) is 0 Å². The van der Waals surface area contributed by atoms with Gasteiger partial charge in [-0.15, -0.1) is 0 Å². The number of carboxylic acids is 1. The Morgan fingerprint density at radius 2 is 1.67 bits per heavy atom. The van der Waals surface area contributed by atoms with Crippen LogP contribution >= 0.6 is 23.2 Å². The fourth-order valence-electron chi connectivity index (χ4n) is 5.42. The molecule has 1 unspecified atom stereocenters. The summed E-state index contributed by atoms with van der Waals surface area (Å²) in [6.45, 7) is 2.34. The molecule has 1 aromatic heterocycles. The van der Waals surface area contributed by atoms with Crippen LogP contribution in [0.4, 0.5) is 0 Å². The minimum atomic E-state index is -0.965. The first-order valence-electron chi connectivity index (χ1n) is 15.3. The summed E-state index contributed by atoms with van der Waals surface area (Å²) in [5, 5.41) is 15.4. The minimum absolute atomic E-state index is 0.0488. The minimum Gasteiger partial charge on any atom is -0.489 e. The lowest BCUT2D eigenvalue weighted by atomic mass is 10.00. The maximum absolute atomic E-state index is 13.4. The highest BCUT2D eigenvalue weighted by Gasteiger charge is 2.16. The molecule has 0 bridgehead atoms. The fourth-order valence-corrected chi connectivity index (χ4v) is 5.93. The van der Waals surface area contributed by atoms with Crippen molar-refractivity contribution in [2.24, 2.45) is 0 Å². The lowest BCUT2D eigenvalue weighted by molar-refractivity contribution is -0.122. The molecule has 6 aromatic rings. The molecule has 0 aliphatic rings. The zero-order valence-electron chi connectivity index (χ0n) is 25.9. The number of imidazole rings is 1. The molecule has 5 aromatic carbocycles. The van der Waals surface area contributed by atoms with E-state index in [0.29, 0.717) is 39.5 Å². The number of halogens is 2. The number of aromatic carboxylic acids is 1. The molecule has 1 heterocycles. The first-order valence-corrected chi connectivity index (χ1v) is 16.0. The van der Waals surface area contributed by atoms with E-state index in [2.05, 4.69) is 23.5 Å². The Labute approximate surface area is 288 Å². The number of carboxylic acid groups (broad SMARTS) is 1. The molecule has 0 radical (unpaired) electrons. The van der Waals surface area contributed by atoms with Crippen molar-refractivity contribution in [2.45, 2.75) is 26.1 Å². The summed E-state index contributed by atoms with van der Waals surface area (Å²) < 4.78 is 7.68. The molecular formula is C39H31Cl2N3O4. The van der Waals surface area contributed by atoms with Gasteiger partial charge in [-0.2, -0.15) is 0 Å². The van der Waals surface area contributed by atoms with E-state index in [9.17, 15) is 9.59 Å². The standard InChI is InChI=1S/C39H31Cl2N3O4/c1-25(32-8-4-6-28-5-2-3-7-33(28)32)42-38(45)23-44-22-36(34-19-16-30(40)21-35(34)41)43-37(44)20-13-26-11-17-31(18-12-26)48-24-27-9-14-29(15-10-27)39(46)47/h2-22,25H,23-24H2,1H3,(H,42,45)(H,46,47)/b20-13+. The van der Waals surface area contributed by atoms with Gasteiger partial charge in [0, 0.05) is 16.8 Å². The first kappa shape index (κ1) is 32.6. The zero-order chi connectivity index (χ0) is 33.6. The number of carbonyl (C=O) groups excluding carboxylic acids is 1. The van der Waals surface area contributed by atoms with Crippen molar-refractivity contribution in [3.63, 3.8) is 0 Å². The SMILES string of the molecule is CC(NC(=O)Cn1cc(-c2ccc(Cl)cc2Cl)nc1/C=C/c1ccc(OCc2ccc(C(=O)O)cc2)cc1)c1cccc2ccccc12. The van der Waals surface area contributed by atoms with Crippen molar-refractivity contribution >= 4 is 58.0 Å². The number of nitrogens with one attached hydrogen (secondary N) is 1. The zero-order valence-corrected chi connectivity index (χ0v) is 27.5. The van der Waals surface area contributed by atoms with Gasteiger partial charge < -0.3 is 19.7 Å². The van der Waals surface area contributed by atoms with Gasteiger partial charge in [0.05, 0.1) is 22.3 Å². The van der Waals surface area contributed by atoms with Crippen molar-refractivity contribution in [2.75, 3.05) is 0 Å². The summed E-state index contributed by atoms with van der Waals surface area (Å²) in [6.07, 6.45) is 5.59. The second-order valence-electron chi connectivity index (χ2n) is 11.3. The van der Waals surface area contributed by atoms with Crippen molar-refractivity contribution in [1.82, 2.24) is 14.9 Å². The maximum Gasteiger partial charge on any atom is 0.335 e. The average molecular weight is 677 g/mol. The van der Waals surface area contributed by atoms with Crippen molar-refractivity contribution < 1.29 is 19.4 Å². The highest BCUT2D eigenvalue weighted by Crippen LogP contribution is 2.30. The molecule has 240 valence electrons. The number of rotatable bonds is 11. The summed E-state index contributed by atoms with van der Waals surface area (Å²) in [7, 11) is 0. The van der Waals surface area contributed by atoms with Gasteiger partial charge in [0.15, 0.2) is 0 Å². The normalized spacial score (nSPS) is 11.9. The van der Waals surface area contributed by atoms with Gasteiger partial charge in [0.1, 0.15) is 24.7 Å². The number of benzene rings is 5. The third-order valence-corrected chi connectivity index (χ3v) is 8.45. The number of amides is 1. The molecule has 0 saturated carbocycles. The van der Waals surface area contributed by atoms with Gasteiger partial charge in [-0.05, 0) is 82.9 Å². The van der Waals surface area contributed by atoms with E-state index < -0.39 is 5.97 Å². The van der Waals surface area contributed by atoms with Gasteiger partial charge in [-0.1, -0.05) is 96.0 Å². The molecule has 1 amide bonds. The molecule has 48 heavy (non-hydrogen) atoms. The molecule has 7 nitrogen and oxygen atoms in total. The van der Waals surface area contributed by atoms with E-state index in [1.54, 1.807) is 41.0 Å². The molecule has 0 saturated heterocycles. The largest absolute Gasteiger partial charge is 0.489 e. The number of aromatic nitrogens is 2. The van der Waals surface area contributed by atoms with Gasteiger partial charge in [-0.25, -0.2) is 9.78 Å². The Kier molecular flexibility index (Phi) is 9.90. The Morgan fingerprint density at radius 1 is 0.917 bits per heavy atom. The van der Waals surface area contributed by atoms with Crippen molar-refractivity contribution in [3.8, 4) is 17.0 Å². The summed E-state index contributed by atoms with van der Waals surface area (Å²) in [6, 6.07) is 33.4. The van der Waals surface area contributed by atoms with E-state index in [1.807, 2.05) is 79.9 Å². The van der Waals surface area contributed by atoms with E-state index >= 15 is 0 Å². The lowest BCUT2D eigenvalue weighted by Crippen LogP contribution is -2.30. The van der Waals surface area contributed by atoms with Crippen LogP contribution in [-0.2, 0) is 17.9 Å². The highest BCUT2D eigenvalue weighted by molar-refractivity contribution is 6.36. The molecule has 0 aliphatic carbocycles. The second kappa shape index (κ2) is 14.6. The number of carbonyl (C=O) groups is 2. The molecule has 1 atom stereocenters. The molecule has 2 N–H and O–H groups in total. The molecule has 0 fully saturated rings. The molecule has 0 aliphatic heterocycles. The monoisotopic (exact) mass is 675 g/mol. The average Bonchev–Trinajstić information content (AvgIpc) is 3.48. The molecular weight excluding hydrogens is 645 g/mol. The van der Waals surface area contributed by atoms with E-state index in [-0.39, 0.29) is 24.1 Å². The van der Waals surface area contributed by atoms with Gasteiger partial charge in [0.25, 0.3) is 0 Å². The summed E-state index contributed by atoms with van der Waals surface area (Å²) >= 11 is 12.7. The van der Waals surface area contributed by atoms with Gasteiger partial charge in [0.2, 0.25) is 5.91 Å². The molecule has 6 rings (SSSR count). The summed E-state index contributed by atoms with van der Waals surface area (Å²) in [5.74, 6) is 0.130. The van der Waals surface area contributed by atoms with Crippen LogP contribution in [0, 0.1) is 0 Å². The molecule has 9 heteroatoms. The van der Waals surface area contributed by atoms with Gasteiger partial charge >= 0.3 is 5.97 Å². The van der Waals surface area contributed by atoms with Crippen LogP contribution in [0.5, 0.6) is 5.75 Å². The first-order chi connectivity index (χ1) is 23.2. The predicted octanol–water partition coefficient (Wildman–Crippen LogP) is 9.34. The van der Waals surface area contributed by atoms with Gasteiger partial charge in [-0.3, -0.25) is 4.79 Å². The summed E-state index contributed by atoms with van der Waals surface area (Å²) in [5.41, 5.74) is 4.37. The number of nitrogens with zero attached hydrogens (tertiary/aromatic N) is 2. The van der Waals surface area contributed by atoms with Crippen LogP contribution in [0.1, 0.15) is 45.8 Å². The van der Waals surface area contributed by atoms with E-state index in [4.69, 9.17) is 38.0 Å². The third-order valence-electron chi connectivity index (χ3n) is 7.91. The second-order valence-corrected chi connectivity index (χ2v) is 12.1. The maximum atomic E-state index is 13.4. The van der Waals surface area contributed by atoms with E-state index in [0.717, 1.165) is 27.5 Å². The Morgan fingerprint density at radius 3 is 2.42 bits per heavy atom. The Balaban J connectivity index is 1.19. The van der Waals surface area contributed by atoms with Crippen LogP contribution in [0.2, 0.25) is 10.0 Å². The number of hydrogen-bond donors (Lipinski definition) is 2. The fraction of sp³-hybridized carbons (Fsp3) is 0.103. The predicted molar refractivity (Wildman–Crippen MR) is 191 cm³/mol. The topological polar surface area (TPSA) is 93.5 Å². The van der Waals surface area contributed by atoms with Crippen LogP contribution in [0.3, 0.4) is 0 Å². The van der Waals surface area contributed by atoms with Crippen molar-refractivity contribution in [1.29, 1.82) is 0 Å². The number of hydrogen-bond acceptors (Lipinski definition) is 4. The van der Waals surface area contributed by atoms with Crippen molar-refractivity contribution in [3.05, 3.63) is 154 Å².